The Kier molecular flexibility index (Phi) is 3.08. The molecule has 1 fully saturated rings. The van der Waals surface area contributed by atoms with E-state index >= 15 is 0 Å². The van der Waals surface area contributed by atoms with E-state index in [2.05, 4.69) is 28.1 Å². The lowest BCUT2D eigenvalue weighted by atomic mass is 10.0. The van der Waals surface area contributed by atoms with E-state index < -0.39 is 0 Å². The second kappa shape index (κ2) is 4.89. The predicted molar refractivity (Wildman–Crippen MR) is 74.6 cm³/mol. The summed E-state index contributed by atoms with van der Waals surface area (Å²) in [6, 6.07) is 8.73. The van der Waals surface area contributed by atoms with Crippen LogP contribution in [0.5, 0.6) is 0 Å². The second-order valence-corrected chi connectivity index (χ2v) is 5.31. The van der Waals surface area contributed by atoms with Crippen molar-refractivity contribution in [2.45, 2.75) is 38.6 Å². The van der Waals surface area contributed by atoms with Crippen molar-refractivity contribution in [1.82, 2.24) is 9.78 Å². The zero-order valence-electron chi connectivity index (χ0n) is 11.1. The van der Waals surface area contributed by atoms with Crippen LogP contribution in [0.25, 0.3) is 11.1 Å². The van der Waals surface area contributed by atoms with Gasteiger partial charge in [0, 0.05) is 17.3 Å². The molecule has 0 saturated heterocycles. The molecule has 0 spiro atoms. The van der Waals surface area contributed by atoms with E-state index in [-0.39, 0.29) is 0 Å². The molecule has 0 bridgehead atoms. The SMILES string of the molecule is Cc1ccc(C#N)c(-c2cnn(C3CCCC3)c2)c1. The molecule has 2 aromatic rings. The number of hydrogen-bond acceptors (Lipinski definition) is 2. The zero-order valence-corrected chi connectivity index (χ0v) is 11.1. The quantitative estimate of drug-likeness (QED) is 0.813. The largest absolute Gasteiger partial charge is 0.269 e. The van der Waals surface area contributed by atoms with Crippen LogP contribution in [0.1, 0.15) is 42.9 Å². The molecule has 0 aliphatic heterocycles. The van der Waals surface area contributed by atoms with Crippen LogP contribution >= 0.6 is 0 Å². The van der Waals surface area contributed by atoms with Crippen LogP contribution in [0, 0.1) is 18.3 Å². The third-order valence-corrected chi connectivity index (χ3v) is 3.91. The molecule has 1 aliphatic rings. The van der Waals surface area contributed by atoms with Crippen LogP contribution in [-0.2, 0) is 0 Å². The molecule has 19 heavy (non-hydrogen) atoms. The van der Waals surface area contributed by atoms with Crippen LogP contribution in [0.15, 0.2) is 30.6 Å². The van der Waals surface area contributed by atoms with Gasteiger partial charge in [0.15, 0.2) is 0 Å². The lowest BCUT2D eigenvalue weighted by Crippen LogP contribution is -2.04. The summed E-state index contributed by atoms with van der Waals surface area (Å²) in [6.07, 6.45) is 9.02. The lowest BCUT2D eigenvalue weighted by Gasteiger charge is -2.08. The summed E-state index contributed by atoms with van der Waals surface area (Å²) >= 11 is 0. The second-order valence-electron chi connectivity index (χ2n) is 5.31. The van der Waals surface area contributed by atoms with Crippen molar-refractivity contribution < 1.29 is 0 Å². The van der Waals surface area contributed by atoms with E-state index in [4.69, 9.17) is 0 Å². The van der Waals surface area contributed by atoms with Gasteiger partial charge in [-0.05, 0) is 31.9 Å². The van der Waals surface area contributed by atoms with Gasteiger partial charge in [-0.25, -0.2) is 0 Å². The van der Waals surface area contributed by atoms with Gasteiger partial charge in [-0.3, -0.25) is 4.68 Å². The van der Waals surface area contributed by atoms with Crippen molar-refractivity contribution in [2.24, 2.45) is 0 Å². The molecule has 1 aliphatic carbocycles. The number of nitriles is 1. The molecule has 0 amide bonds. The normalized spacial score (nSPS) is 15.6. The predicted octanol–water partition coefficient (Wildman–Crippen LogP) is 3.85. The van der Waals surface area contributed by atoms with Crippen molar-refractivity contribution in [3.8, 4) is 17.2 Å². The Hall–Kier alpha value is -2.08. The Morgan fingerprint density at radius 2 is 2.11 bits per heavy atom. The van der Waals surface area contributed by atoms with Gasteiger partial charge >= 0.3 is 0 Å². The minimum absolute atomic E-state index is 0.545. The van der Waals surface area contributed by atoms with E-state index in [1.54, 1.807) is 0 Å². The first-order chi connectivity index (χ1) is 9.28. The van der Waals surface area contributed by atoms with Gasteiger partial charge in [-0.2, -0.15) is 10.4 Å². The molecule has 3 nitrogen and oxygen atoms in total. The first-order valence-corrected chi connectivity index (χ1v) is 6.83. The molecule has 0 atom stereocenters. The Labute approximate surface area is 113 Å². The van der Waals surface area contributed by atoms with Crippen LogP contribution in [0.2, 0.25) is 0 Å². The van der Waals surface area contributed by atoms with Gasteiger partial charge in [0.05, 0.1) is 23.9 Å². The van der Waals surface area contributed by atoms with Gasteiger partial charge in [0.2, 0.25) is 0 Å². The Balaban J connectivity index is 1.98. The van der Waals surface area contributed by atoms with E-state index in [1.165, 1.54) is 31.2 Å². The Morgan fingerprint density at radius 3 is 2.84 bits per heavy atom. The van der Waals surface area contributed by atoms with Crippen LogP contribution in [-0.4, -0.2) is 9.78 Å². The van der Waals surface area contributed by atoms with E-state index in [0.29, 0.717) is 6.04 Å². The van der Waals surface area contributed by atoms with Gasteiger partial charge in [-0.1, -0.05) is 24.5 Å². The maximum atomic E-state index is 9.21. The number of benzene rings is 1. The monoisotopic (exact) mass is 251 g/mol. The highest BCUT2D eigenvalue weighted by molar-refractivity contribution is 5.70. The lowest BCUT2D eigenvalue weighted by molar-refractivity contribution is 0.467. The molecular weight excluding hydrogens is 234 g/mol. The fourth-order valence-corrected chi connectivity index (χ4v) is 2.84. The highest BCUT2D eigenvalue weighted by Gasteiger charge is 2.18. The van der Waals surface area contributed by atoms with Gasteiger partial charge in [0.25, 0.3) is 0 Å². The topological polar surface area (TPSA) is 41.6 Å². The molecular formula is C16H17N3. The molecule has 96 valence electrons. The summed E-state index contributed by atoms with van der Waals surface area (Å²) in [6.45, 7) is 2.05. The van der Waals surface area contributed by atoms with E-state index in [9.17, 15) is 5.26 Å². The van der Waals surface area contributed by atoms with Crippen molar-refractivity contribution >= 4 is 0 Å². The molecule has 1 saturated carbocycles. The molecule has 0 radical (unpaired) electrons. The first kappa shape index (κ1) is 12.0. The molecule has 1 aromatic heterocycles. The number of aryl methyl sites for hydroxylation is 1. The first-order valence-electron chi connectivity index (χ1n) is 6.83. The molecule has 1 heterocycles. The maximum absolute atomic E-state index is 9.21. The van der Waals surface area contributed by atoms with Crippen molar-refractivity contribution in [1.29, 1.82) is 5.26 Å². The van der Waals surface area contributed by atoms with Crippen molar-refractivity contribution in [2.75, 3.05) is 0 Å². The maximum Gasteiger partial charge on any atom is 0.0998 e. The van der Waals surface area contributed by atoms with E-state index in [1.807, 2.05) is 25.3 Å². The molecule has 0 unspecified atom stereocenters. The fraction of sp³-hybridized carbons (Fsp3) is 0.375. The highest BCUT2D eigenvalue weighted by atomic mass is 15.3. The van der Waals surface area contributed by atoms with Gasteiger partial charge in [-0.15, -0.1) is 0 Å². The van der Waals surface area contributed by atoms with Crippen molar-refractivity contribution in [3.05, 3.63) is 41.7 Å². The third kappa shape index (κ3) is 2.26. The third-order valence-electron chi connectivity index (χ3n) is 3.91. The minimum atomic E-state index is 0.545. The summed E-state index contributed by atoms with van der Waals surface area (Å²) in [5.41, 5.74) is 3.93. The number of rotatable bonds is 2. The van der Waals surface area contributed by atoms with Crippen molar-refractivity contribution in [3.63, 3.8) is 0 Å². The Morgan fingerprint density at radius 1 is 1.32 bits per heavy atom. The summed E-state index contributed by atoms with van der Waals surface area (Å²) in [4.78, 5) is 0. The number of hydrogen-bond donors (Lipinski definition) is 0. The summed E-state index contributed by atoms with van der Waals surface area (Å²) in [7, 11) is 0. The summed E-state index contributed by atoms with van der Waals surface area (Å²) in [5, 5.41) is 13.7. The molecule has 0 N–H and O–H groups in total. The smallest absolute Gasteiger partial charge is 0.0998 e. The number of nitrogens with zero attached hydrogens (tertiary/aromatic N) is 3. The van der Waals surface area contributed by atoms with Crippen LogP contribution < -0.4 is 0 Å². The zero-order chi connectivity index (χ0) is 13.2. The minimum Gasteiger partial charge on any atom is -0.269 e. The van der Waals surface area contributed by atoms with E-state index in [0.717, 1.165) is 16.7 Å². The van der Waals surface area contributed by atoms with Crippen LogP contribution in [0.4, 0.5) is 0 Å². The Bertz CT molecular complexity index is 628. The number of aromatic nitrogens is 2. The van der Waals surface area contributed by atoms with Crippen LogP contribution in [0.3, 0.4) is 0 Å². The van der Waals surface area contributed by atoms with Gasteiger partial charge in [0.1, 0.15) is 0 Å². The fourth-order valence-electron chi connectivity index (χ4n) is 2.84. The summed E-state index contributed by atoms with van der Waals surface area (Å²) in [5.74, 6) is 0. The molecule has 1 aromatic carbocycles. The average molecular weight is 251 g/mol. The average Bonchev–Trinajstić information content (AvgIpc) is 3.09. The summed E-state index contributed by atoms with van der Waals surface area (Å²) < 4.78 is 2.08. The highest BCUT2D eigenvalue weighted by Crippen LogP contribution is 2.31. The molecule has 3 heteroatoms. The van der Waals surface area contributed by atoms with Gasteiger partial charge < -0.3 is 0 Å². The molecule has 3 rings (SSSR count). The standard InChI is InChI=1S/C16H17N3/c1-12-6-7-13(9-17)16(8-12)14-10-18-19(11-14)15-4-2-3-5-15/h6-8,10-11,15H,2-5H2,1H3.